The minimum absolute atomic E-state index is 0.284. The molecule has 0 radical (unpaired) electrons. The summed E-state index contributed by atoms with van der Waals surface area (Å²) in [4.78, 5) is 13.8. The number of hydrogen-bond acceptors (Lipinski definition) is 3. The summed E-state index contributed by atoms with van der Waals surface area (Å²) in [6.45, 7) is 2.14. The van der Waals surface area contributed by atoms with Gasteiger partial charge < -0.3 is 9.64 Å². The Hall–Kier alpha value is -1.82. The van der Waals surface area contributed by atoms with E-state index >= 15 is 0 Å². The Bertz CT molecular complexity index is 612. The molecule has 0 unspecified atom stereocenters. The molecule has 0 N–H and O–H groups in total. The lowest BCUT2D eigenvalue weighted by Gasteiger charge is -2.27. The zero-order valence-electron chi connectivity index (χ0n) is 10.8. The maximum Gasteiger partial charge on any atom is 0.410 e. The van der Waals surface area contributed by atoms with Gasteiger partial charge in [0.1, 0.15) is 6.61 Å². The highest BCUT2D eigenvalue weighted by molar-refractivity contribution is 9.10. The Kier molecular flexibility index (Phi) is 3.73. The van der Waals surface area contributed by atoms with Gasteiger partial charge in [0.15, 0.2) is 0 Å². The van der Waals surface area contributed by atoms with Gasteiger partial charge in [-0.2, -0.15) is 5.10 Å². The first kappa shape index (κ1) is 13.2. The van der Waals surface area contributed by atoms with Crippen LogP contribution >= 0.6 is 15.9 Å². The van der Waals surface area contributed by atoms with E-state index in [0.29, 0.717) is 26.2 Å². The number of fused-ring (bicyclic) bond motifs is 1. The highest BCUT2D eigenvalue weighted by Gasteiger charge is 2.24. The molecule has 0 saturated carbocycles. The molecule has 0 bridgehead atoms. The summed E-state index contributed by atoms with van der Waals surface area (Å²) in [5.74, 6) is 0. The van der Waals surface area contributed by atoms with Crippen LogP contribution in [0.4, 0.5) is 4.79 Å². The maximum absolute atomic E-state index is 12.1. The monoisotopic (exact) mass is 335 g/mol. The van der Waals surface area contributed by atoms with Gasteiger partial charge in [-0.15, -0.1) is 0 Å². The van der Waals surface area contributed by atoms with Gasteiger partial charge >= 0.3 is 6.09 Å². The van der Waals surface area contributed by atoms with Gasteiger partial charge in [0.05, 0.1) is 29.5 Å². The Morgan fingerprint density at radius 1 is 1.30 bits per heavy atom. The SMILES string of the molecule is O=C(OCc1ccccc1)N1CCn2ncc(Br)c2C1. The molecule has 0 fully saturated rings. The van der Waals surface area contributed by atoms with E-state index in [9.17, 15) is 4.79 Å². The summed E-state index contributed by atoms with van der Waals surface area (Å²) < 4.78 is 8.18. The number of halogens is 1. The molecule has 3 rings (SSSR count). The molecule has 6 heteroatoms. The van der Waals surface area contributed by atoms with Crippen LogP contribution in [-0.2, 0) is 24.4 Å². The molecular weight excluding hydrogens is 322 g/mol. The fourth-order valence-electron chi connectivity index (χ4n) is 2.18. The van der Waals surface area contributed by atoms with Gasteiger partial charge in [-0.05, 0) is 21.5 Å². The molecule has 20 heavy (non-hydrogen) atoms. The molecule has 0 spiro atoms. The molecule has 0 saturated heterocycles. The van der Waals surface area contributed by atoms with Crippen LogP contribution in [0.3, 0.4) is 0 Å². The number of hydrogen-bond donors (Lipinski definition) is 0. The zero-order valence-corrected chi connectivity index (χ0v) is 12.4. The van der Waals surface area contributed by atoms with E-state index in [1.165, 1.54) is 0 Å². The molecule has 2 aromatic rings. The predicted molar refractivity (Wildman–Crippen MR) is 77.0 cm³/mol. The zero-order chi connectivity index (χ0) is 13.9. The van der Waals surface area contributed by atoms with Crippen LogP contribution in [0, 0.1) is 0 Å². The van der Waals surface area contributed by atoms with Crippen LogP contribution in [0.5, 0.6) is 0 Å². The fraction of sp³-hybridized carbons (Fsp3) is 0.286. The quantitative estimate of drug-likeness (QED) is 0.847. The van der Waals surface area contributed by atoms with Gasteiger partial charge in [-0.25, -0.2) is 4.79 Å². The highest BCUT2D eigenvalue weighted by atomic mass is 79.9. The molecule has 5 nitrogen and oxygen atoms in total. The van der Waals surface area contributed by atoms with Crippen molar-refractivity contribution in [2.75, 3.05) is 6.54 Å². The predicted octanol–water partition coefficient (Wildman–Crippen LogP) is 2.80. The van der Waals surface area contributed by atoms with Crippen molar-refractivity contribution in [2.45, 2.75) is 19.7 Å². The van der Waals surface area contributed by atoms with Crippen molar-refractivity contribution in [3.8, 4) is 0 Å². The first-order valence-electron chi connectivity index (χ1n) is 6.40. The minimum Gasteiger partial charge on any atom is -0.445 e. The van der Waals surface area contributed by atoms with Crippen LogP contribution in [-0.4, -0.2) is 27.3 Å². The number of carbonyl (C=O) groups excluding carboxylic acids is 1. The van der Waals surface area contributed by atoms with E-state index in [1.54, 1.807) is 11.1 Å². The first-order chi connectivity index (χ1) is 9.74. The average molecular weight is 336 g/mol. The molecule has 2 heterocycles. The lowest BCUT2D eigenvalue weighted by atomic mass is 10.2. The van der Waals surface area contributed by atoms with Crippen molar-refractivity contribution >= 4 is 22.0 Å². The van der Waals surface area contributed by atoms with Crippen LogP contribution in [0.15, 0.2) is 41.0 Å². The summed E-state index contributed by atoms with van der Waals surface area (Å²) in [6, 6.07) is 9.68. The van der Waals surface area contributed by atoms with E-state index in [4.69, 9.17) is 4.74 Å². The minimum atomic E-state index is -0.284. The number of nitrogens with zero attached hydrogens (tertiary/aromatic N) is 3. The standard InChI is InChI=1S/C14H14BrN3O2/c15-12-8-16-18-7-6-17(9-13(12)18)14(19)20-10-11-4-2-1-3-5-11/h1-5,8H,6-7,9-10H2. The van der Waals surface area contributed by atoms with Crippen LogP contribution < -0.4 is 0 Å². The largest absolute Gasteiger partial charge is 0.445 e. The van der Waals surface area contributed by atoms with E-state index in [2.05, 4.69) is 21.0 Å². The normalized spacial score (nSPS) is 13.9. The van der Waals surface area contributed by atoms with E-state index in [-0.39, 0.29) is 6.09 Å². The van der Waals surface area contributed by atoms with Crippen LogP contribution in [0.25, 0.3) is 0 Å². The van der Waals surface area contributed by atoms with Crippen molar-refractivity contribution < 1.29 is 9.53 Å². The number of amides is 1. The second-order valence-corrected chi connectivity index (χ2v) is 5.48. The third kappa shape index (κ3) is 2.70. The molecule has 104 valence electrons. The maximum atomic E-state index is 12.1. The lowest BCUT2D eigenvalue weighted by molar-refractivity contribution is 0.0857. The molecule has 1 aliphatic rings. The molecule has 1 amide bonds. The smallest absolute Gasteiger partial charge is 0.410 e. The number of aromatic nitrogens is 2. The topological polar surface area (TPSA) is 47.4 Å². The average Bonchev–Trinajstić information content (AvgIpc) is 2.87. The molecule has 1 aromatic heterocycles. The molecule has 1 aliphatic heterocycles. The Balaban J connectivity index is 1.60. The number of benzene rings is 1. The van der Waals surface area contributed by atoms with E-state index in [1.807, 2.05) is 35.0 Å². The third-order valence-electron chi connectivity index (χ3n) is 3.28. The van der Waals surface area contributed by atoms with Crippen molar-refractivity contribution in [1.82, 2.24) is 14.7 Å². The van der Waals surface area contributed by atoms with Crippen LogP contribution in [0.1, 0.15) is 11.3 Å². The Morgan fingerprint density at radius 3 is 2.90 bits per heavy atom. The number of ether oxygens (including phenoxy) is 1. The number of carbonyl (C=O) groups is 1. The Labute approximate surface area is 125 Å². The summed E-state index contributed by atoms with van der Waals surface area (Å²) in [6.07, 6.45) is 1.47. The van der Waals surface area contributed by atoms with Crippen molar-refractivity contribution in [2.24, 2.45) is 0 Å². The molecule has 0 atom stereocenters. The van der Waals surface area contributed by atoms with Gasteiger partial charge in [0, 0.05) is 6.54 Å². The fourth-order valence-corrected chi connectivity index (χ4v) is 2.60. The third-order valence-corrected chi connectivity index (χ3v) is 3.95. The second kappa shape index (κ2) is 5.66. The van der Waals surface area contributed by atoms with Gasteiger partial charge in [0.25, 0.3) is 0 Å². The van der Waals surface area contributed by atoms with E-state index < -0.39 is 0 Å². The van der Waals surface area contributed by atoms with Crippen molar-refractivity contribution in [3.63, 3.8) is 0 Å². The lowest BCUT2D eigenvalue weighted by Crippen LogP contribution is -2.38. The van der Waals surface area contributed by atoms with Crippen LogP contribution in [0.2, 0.25) is 0 Å². The molecule has 0 aliphatic carbocycles. The van der Waals surface area contributed by atoms with Gasteiger partial charge in [-0.3, -0.25) is 4.68 Å². The molecular formula is C14H14BrN3O2. The van der Waals surface area contributed by atoms with Crippen molar-refractivity contribution in [3.05, 3.63) is 52.3 Å². The summed E-state index contributed by atoms with van der Waals surface area (Å²) >= 11 is 3.44. The van der Waals surface area contributed by atoms with E-state index in [0.717, 1.165) is 15.7 Å². The Morgan fingerprint density at radius 2 is 2.10 bits per heavy atom. The van der Waals surface area contributed by atoms with Gasteiger partial charge in [0.2, 0.25) is 0 Å². The first-order valence-corrected chi connectivity index (χ1v) is 7.19. The summed E-state index contributed by atoms with van der Waals surface area (Å²) in [5, 5.41) is 4.23. The summed E-state index contributed by atoms with van der Waals surface area (Å²) in [7, 11) is 0. The summed E-state index contributed by atoms with van der Waals surface area (Å²) in [5.41, 5.74) is 2.00. The van der Waals surface area contributed by atoms with Crippen molar-refractivity contribution in [1.29, 1.82) is 0 Å². The second-order valence-electron chi connectivity index (χ2n) is 4.62. The number of rotatable bonds is 2. The highest BCUT2D eigenvalue weighted by Crippen LogP contribution is 2.21. The molecule has 1 aromatic carbocycles. The van der Waals surface area contributed by atoms with Gasteiger partial charge in [-0.1, -0.05) is 30.3 Å².